The van der Waals surface area contributed by atoms with E-state index in [1.165, 1.54) is 0 Å². The van der Waals surface area contributed by atoms with Gasteiger partial charge in [0.2, 0.25) is 0 Å². The highest BCUT2D eigenvalue weighted by molar-refractivity contribution is 6.30. The Morgan fingerprint density at radius 3 is 2.75 bits per heavy atom. The van der Waals surface area contributed by atoms with Gasteiger partial charge in [-0.3, -0.25) is 0 Å². The Hall–Kier alpha value is -0.530. The summed E-state index contributed by atoms with van der Waals surface area (Å²) in [4.78, 5) is 0. The maximum atomic E-state index is 5.85. The topological polar surface area (TPSA) is 9.23 Å². The van der Waals surface area contributed by atoms with Gasteiger partial charge in [-0.15, -0.1) is 0 Å². The number of halogens is 1. The van der Waals surface area contributed by atoms with Gasteiger partial charge in [-0.1, -0.05) is 30.7 Å². The second kappa shape index (κ2) is 4.48. The number of benzene rings is 1. The molecule has 2 heteroatoms. The summed E-state index contributed by atoms with van der Waals surface area (Å²) < 4.78 is 5.28. The zero-order valence-corrected chi connectivity index (χ0v) is 8.14. The molecule has 66 valence electrons. The number of methoxy groups -OCH3 is 1. The molecule has 0 aromatic heterocycles. The van der Waals surface area contributed by atoms with Crippen molar-refractivity contribution in [1.82, 2.24) is 0 Å². The first kappa shape index (κ1) is 9.56. The molecule has 1 aromatic carbocycles. The van der Waals surface area contributed by atoms with Crippen LogP contribution in [0, 0.1) is 0 Å². The summed E-state index contributed by atoms with van der Waals surface area (Å²) >= 11 is 5.85. The molecular weight excluding hydrogens is 172 g/mol. The lowest BCUT2D eigenvalue weighted by Gasteiger charge is -2.12. The fourth-order valence-electron chi connectivity index (χ4n) is 1.25. The van der Waals surface area contributed by atoms with E-state index in [0.717, 1.165) is 17.0 Å². The normalized spacial score (nSPS) is 12.9. The molecule has 0 fully saturated rings. The fourth-order valence-corrected chi connectivity index (χ4v) is 1.44. The molecular formula is C10H13ClO. The molecule has 0 amide bonds. The molecule has 0 aliphatic carbocycles. The molecule has 0 bridgehead atoms. The van der Waals surface area contributed by atoms with E-state index in [9.17, 15) is 0 Å². The predicted octanol–water partition coefficient (Wildman–Crippen LogP) is 3.44. The van der Waals surface area contributed by atoms with E-state index >= 15 is 0 Å². The summed E-state index contributed by atoms with van der Waals surface area (Å²) in [7, 11) is 1.72. The van der Waals surface area contributed by atoms with Gasteiger partial charge in [0.25, 0.3) is 0 Å². The summed E-state index contributed by atoms with van der Waals surface area (Å²) in [5.41, 5.74) is 1.15. The summed E-state index contributed by atoms with van der Waals surface area (Å²) in [6.07, 6.45) is 1.14. The molecule has 0 aliphatic heterocycles. The van der Waals surface area contributed by atoms with Gasteiger partial charge in [0.05, 0.1) is 6.10 Å². The number of ether oxygens (including phenoxy) is 1. The van der Waals surface area contributed by atoms with Crippen LogP contribution in [-0.4, -0.2) is 7.11 Å². The van der Waals surface area contributed by atoms with Crippen LogP contribution in [0.5, 0.6) is 0 Å². The van der Waals surface area contributed by atoms with Crippen LogP contribution in [0.25, 0.3) is 0 Å². The Kier molecular flexibility index (Phi) is 3.57. The molecule has 0 spiro atoms. The van der Waals surface area contributed by atoms with Crippen LogP contribution in [0.2, 0.25) is 5.02 Å². The maximum Gasteiger partial charge on any atom is 0.0819 e. The highest BCUT2D eigenvalue weighted by atomic mass is 35.5. The number of hydrogen-bond acceptors (Lipinski definition) is 1. The van der Waals surface area contributed by atoms with E-state index < -0.39 is 0 Å². The number of hydrogen-bond donors (Lipinski definition) is 0. The lowest BCUT2D eigenvalue weighted by atomic mass is 10.1. The molecule has 0 saturated heterocycles. The van der Waals surface area contributed by atoms with E-state index in [1.807, 2.05) is 24.3 Å². The number of rotatable bonds is 3. The summed E-state index contributed by atoms with van der Waals surface area (Å²) in [6.45, 7) is 2.09. The zero-order valence-electron chi connectivity index (χ0n) is 7.38. The second-order valence-electron chi connectivity index (χ2n) is 2.69. The molecule has 0 heterocycles. The zero-order chi connectivity index (χ0) is 8.97. The van der Waals surface area contributed by atoms with E-state index in [0.29, 0.717) is 0 Å². The van der Waals surface area contributed by atoms with Crippen LogP contribution in [0.3, 0.4) is 0 Å². The third kappa shape index (κ3) is 2.23. The average Bonchev–Trinajstić information content (AvgIpc) is 2.07. The average molecular weight is 185 g/mol. The quantitative estimate of drug-likeness (QED) is 0.700. The Morgan fingerprint density at radius 2 is 2.25 bits per heavy atom. The fraction of sp³-hybridized carbons (Fsp3) is 0.400. The van der Waals surface area contributed by atoms with Crippen LogP contribution in [0.4, 0.5) is 0 Å². The molecule has 1 unspecified atom stereocenters. The molecule has 1 rings (SSSR count). The Bertz CT molecular complexity index is 243. The highest BCUT2D eigenvalue weighted by Gasteiger charge is 2.06. The minimum atomic E-state index is 0.170. The van der Waals surface area contributed by atoms with Gasteiger partial charge in [0, 0.05) is 12.1 Å². The third-order valence-corrected chi connectivity index (χ3v) is 2.11. The van der Waals surface area contributed by atoms with Crippen LogP contribution in [0.1, 0.15) is 25.0 Å². The van der Waals surface area contributed by atoms with Crippen LogP contribution in [-0.2, 0) is 4.74 Å². The van der Waals surface area contributed by atoms with Crippen LogP contribution < -0.4 is 0 Å². The molecule has 0 radical (unpaired) electrons. The largest absolute Gasteiger partial charge is 0.377 e. The van der Waals surface area contributed by atoms with Crippen molar-refractivity contribution in [2.75, 3.05) is 7.11 Å². The van der Waals surface area contributed by atoms with Crippen LogP contribution in [0.15, 0.2) is 24.3 Å². The van der Waals surface area contributed by atoms with Gasteiger partial charge in [0.1, 0.15) is 0 Å². The van der Waals surface area contributed by atoms with E-state index in [2.05, 4.69) is 6.92 Å². The van der Waals surface area contributed by atoms with Crippen molar-refractivity contribution in [1.29, 1.82) is 0 Å². The summed E-state index contributed by atoms with van der Waals surface area (Å²) in [5.74, 6) is 0. The molecule has 12 heavy (non-hydrogen) atoms. The highest BCUT2D eigenvalue weighted by Crippen LogP contribution is 2.22. The first-order chi connectivity index (χ1) is 5.77. The Morgan fingerprint density at radius 1 is 1.50 bits per heavy atom. The summed E-state index contributed by atoms with van der Waals surface area (Å²) in [5, 5.41) is 0.767. The van der Waals surface area contributed by atoms with Crippen molar-refractivity contribution < 1.29 is 4.74 Å². The first-order valence-corrected chi connectivity index (χ1v) is 4.44. The minimum absolute atomic E-state index is 0.170. The van der Waals surface area contributed by atoms with E-state index in [1.54, 1.807) is 7.11 Å². The molecule has 1 atom stereocenters. The van der Waals surface area contributed by atoms with Gasteiger partial charge in [-0.25, -0.2) is 0 Å². The molecule has 1 aromatic rings. The van der Waals surface area contributed by atoms with Crippen molar-refractivity contribution in [3.05, 3.63) is 34.9 Å². The van der Waals surface area contributed by atoms with Crippen molar-refractivity contribution in [3.8, 4) is 0 Å². The molecule has 0 saturated carbocycles. The van der Waals surface area contributed by atoms with E-state index in [4.69, 9.17) is 16.3 Å². The lowest BCUT2D eigenvalue weighted by Crippen LogP contribution is -1.98. The molecule has 0 N–H and O–H groups in total. The lowest BCUT2D eigenvalue weighted by molar-refractivity contribution is 0.100. The predicted molar refractivity (Wildman–Crippen MR) is 51.5 cm³/mol. The minimum Gasteiger partial charge on any atom is -0.377 e. The van der Waals surface area contributed by atoms with Crippen LogP contribution >= 0.6 is 11.6 Å². The maximum absolute atomic E-state index is 5.85. The van der Waals surface area contributed by atoms with Gasteiger partial charge >= 0.3 is 0 Å². The summed E-state index contributed by atoms with van der Waals surface area (Å²) in [6, 6.07) is 7.79. The Balaban J connectivity index is 2.85. The van der Waals surface area contributed by atoms with Gasteiger partial charge < -0.3 is 4.74 Å². The second-order valence-corrected chi connectivity index (χ2v) is 3.12. The monoisotopic (exact) mass is 184 g/mol. The van der Waals surface area contributed by atoms with Crippen molar-refractivity contribution in [2.24, 2.45) is 0 Å². The smallest absolute Gasteiger partial charge is 0.0819 e. The van der Waals surface area contributed by atoms with Crippen molar-refractivity contribution in [2.45, 2.75) is 19.4 Å². The SMILES string of the molecule is CCC(OC)c1cccc(Cl)c1. The van der Waals surface area contributed by atoms with Crippen molar-refractivity contribution >= 4 is 11.6 Å². The van der Waals surface area contributed by atoms with Gasteiger partial charge in [-0.2, -0.15) is 0 Å². The van der Waals surface area contributed by atoms with Gasteiger partial charge in [0.15, 0.2) is 0 Å². The molecule has 1 nitrogen and oxygen atoms in total. The van der Waals surface area contributed by atoms with Gasteiger partial charge in [-0.05, 0) is 24.1 Å². The first-order valence-electron chi connectivity index (χ1n) is 4.06. The van der Waals surface area contributed by atoms with E-state index in [-0.39, 0.29) is 6.10 Å². The molecule has 0 aliphatic rings. The van der Waals surface area contributed by atoms with Crippen molar-refractivity contribution in [3.63, 3.8) is 0 Å². The standard InChI is InChI=1S/C10H13ClO/c1-3-10(12-2)8-5-4-6-9(11)7-8/h4-7,10H,3H2,1-2H3. The Labute approximate surface area is 78.3 Å². The third-order valence-electron chi connectivity index (χ3n) is 1.88.